The fourth-order valence-corrected chi connectivity index (χ4v) is 3.34. The molecule has 1 fully saturated rings. The Morgan fingerprint density at radius 3 is 2.07 bits per heavy atom. The molecule has 0 bridgehead atoms. The standard InChI is InChI=1S/C23H23FO4/c1-26-20-12-15(13-21(27-2)23(20)28-3)11-17-8-6-9-18(22(17)25)14-16-7-4-5-10-19(16)24/h4-5,7,10-14H,6,8-9H2,1-3H3/b17-11+,18-14+. The lowest BCUT2D eigenvalue weighted by Gasteiger charge is -2.17. The van der Waals surface area contributed by atoms with Crippen LogP contribution in [0.4, 0.5) is 4.39 Å². The summed E-state index contributed by atoms with van der Waals surface area (Å²) in [6.45, 7) is 0. The number of carbonyl (C=O) groups is 1. The lowest BCUT2D eigenvalue weighted by molar-refractivity contribution is -0.112. The lowest BCUT2D eigenvalue weighted by Crippen LogP contribution is -2.12. The van der Waals surface area contributed by atoms with E-state index >= 15 is 0 Å². The summed E-state index contributed by atoms with van der Waals surface area (Å²) in [5.74, 6) is 1.17. The number of carbonyl (C=O) groups excluding carboxylic acids is 1. The summed E-state index contributed by atoms with van der Waals surface area (Å²) in [7, 11) is 4.65. The molecule has 28 heavy (non-hydrogen) atoms. The van der Waals surface area contributed by atoms with Crippen molar-refractivity contribution in [3.63, 3.8) is 0 Å². The second kappa shape index (κ2) is 8.74. The largest absolute Gasteiger partial charge is 0.493 e. The number of ketones is 1. The van der Waals surface area contributed by atoms with Crippen LogP contribution in [-0.4, -0.2) is 27.1 Å². The lowest BCUT2D eigenvalue weighted by atomic mass is 9.86. The van der Waals surface area contributed by atoms with Crippen molar-refractivity contribution in [1.82, 2.24) is 0 Å². The fraction of sp³-hybridized carbons (Fsp3) is 0.261. The maximum absolute atomic E-state index is 13.9. The Balaban J connectivity index is 1.96. The second-order valence-electron chi connectivity index (χ2n) is 6.50. The SMILES string of the molecule is COc1cc(/C=C2\CCC/C(=C\c3ccccc3F)C2=O)cc(OC)c1OC. The van der Waals surface area contributed by atoms with Gasteiger partial charge in [-0.2, -0.15) is 0 Å². The van der Waals surface area contributed by atoms with Gasteiger partial charge in [0.1, 0.15) is 5.82 Å². The highest BCUT2D eigenvalue weighted by atomic mass is 19.1. The minimum atomic E-state index is -0.330. The molecule has 2 aromatic rings. The van der Waals surface area contributed by atoms with Crippen molar-refractivity contribution < 1.29 is 23.4 Å². The molecule has 0 aromatic heterocycles. The van der Waals surface area contributed by atoms with Crippen LogP contribution >= 0.6 is 0 Å². The maximum atomic E-state index is 13.9. The van der Waals surface area contributed by atoms with Crippen molar-refractivity contribution >= 4 is 17.9 Å². The number of ether oxygens (including phenoxy) is 3. The molecular formula is C23H23FO4. The topological polar surface area (TPSA) is 44.8 Å². The van der Waals surface area contributed by atoms with Crippen LogP contribution in [0.2, 0.25) is 0 Å². The van der Waals surface area contributed by atoms with Gasteiger partial charge in [-0.25, -0.2) is 4.39 Å². The van der Waals surface area contributed by atoms with Crippen molar-refractivity contribution in [3.8, 4) is 17.2 Å². The number of methoxy groups -OCH3 is 3. The molecule has 3 rings (SSSR count). The molecule has 146 valence electrons. The zero-order chi connectivity index (χ0) is 20.1. The minimum Gasteiger partial charge on any atom is -0.493 e. The molecule has 0 amide bonds. The van der Waals surface area contributed by atoms with E-state index in [2.05, 4.69) is 0 Å². The summed E-state index contributed by atoms with van der Waals surface area (Å²) in [4.78, 5) is 12.9. The van der Waals surface area contributed by atoms with Crippen LogP contribution in [-0.2, 0) is 4.79 Å². The van der Waals surface area contributed by atoms with Gasteiger partial charge >= 0.3 is 0 Å². The van der Waals surface area contributed by atoms with Gasteiger partial charge in [0, 0.05) is 16.7 Å². The Morgan fingerprint density at radius 1 is 0.893 bits per heavy atom. The molecule has 0 spiro atoms. The van der Waals surface area contributed by atoms with Crippen LogP contribution in [0.15, 0.2) is 47.5 Å². The molecule has 0 heterocycles. The average Bonchev–Trinajstić information content (AvgIpc) is 2.71. The number of hydrogen-bond acceptors (Lipinski definition) is 4. The first-order valence-electron chi connectivity index (χ1n) is 9.07. The van der Waals surface area contributed by atoms with E-state index in [1.54, 1.807) is 57.7 Å². The number of rotatable bonds is 5. The molecule has 1 saturated carbocycles. The van der Waals surface area contributed by atoms with Gasteiger partial charge in [0.2, 0.25) is 5.75 Å². The third-order valence-corrected chi connectivity index (χ3v) is 4.74. The van der Waals surface area contributed by atoms with Crippen molar-refractivity contribution in [2.75, 3.05) is 21.3 Å². The third-order valence-electron chi connectivity index (χ3n) is 4.74. The third kappa shape index (κ3) is 4.09. The summed E-state index contributed by atoms with van der Waals surface area (Å²) in [5.41, 5.74) is 2.52. The van der Waals surface area contributed by atoms with Gasteiger partial charge in [0.15, 0.2) is 17.3 Å². The monoisotopic (exact) mass is 382 g/mol. The Bertz CT molecular complexity index is 918. The van der Waals surface area contributed by atoms with Gasteiger partial charge < -0.3 is 14.2 Å². The van der Waals surface area contributed by atoms with Crippen molar-refractivity contribution in [3.05, 3.63) is 64.5 Å². The first-order valence-corrected chi connectivity index (χ1v) is 9.07. The van der Waals surface area contributed by atoms with E-state index in [4.69, 9.17) is 14.2 Å². The maximum Gasteiger partial charge on any atom is 0.203 e. The highest BCUT2D eigenvalue weighted by Gasteiger charge is 2.21. The van der Waals surface area contributed by atoms with E-state index < -0.39 is 0 Å². The first-order chi connectivity index (χ1) is 13.6. The van der Waals surface area contributed by atoms with Gasteiger partial charge in [-0.3, -0.25) is 4.79 Å². The zero-order valence-electron chi connectivity index (χ0n) is 16.3. The van der Waals surface area contributed by atoms with Crippen LogP contribution in [0.5, 0.6) is 17.2 Å². The Morgan fingerprint density at radius 2 is 1.50 bits per heavy atom. The van der Waals surface area contributed by atoms with Crippen LogP contribution < -0.4 is 14.2 Å². The van der Waals surface area contributed by atoms with E-state index in [1.807, 2.05) is 6.08 Å². The summed E-state index contributed by atoms with van der Waals surface area (Å²) >= 11 is 0. The predicted molar refractivity (Wildman–Crippen MR) is 107 cm³/mol. The molecule has 5 heteroatoms. The Hall–Kier alpha value is -3.08. The van der Waals surface area contributed by atoms with Crippen molar-refractivity contribution in [2.24, 2.45) is 0 Å². The van der Waals surface area contributed by atoms with E-state index in [1.165, 1.54) is 6.07 Å². The van der Waals surface area contributed by atoms with E-state index in [0.29, 0.717) is 46.8 Å². The normalized spacial score (nSPS) is 17.1. The average molecular weight is 382 g/mol. The molecule has 0 saturated heterocycles. The van der Waals surface area contributed by atoms with Crippen LogP contribution in [0, 0.1) is 5.82 Å². The summed E-state index contributed by atoms with van der Waals surface area (Å²) < 4.78 is 30.0. The number of hydrogen-bond donors (Lipinski definition) is 0. The molecule has 0 aliphatic heterocycles. The van der Waals surface area contributed by atoms with E-state index in [9.17, 15) is 9.18 Å². The molecule has 1 aliphatic rings. The molecule has 0 atom stereocenters. The van der Waals surface area contributed by atoms with Crippen LogP contribution in [0.25, 0.3) is 12.2 Å². The van der Waals surface area contributed by atoms with Gasteiger partial charge in [-0.05, 0) is 55.2 Å². The molecule has 0 radical (unpaired) electrons. The molecule has 1 aliphatic carbocycles. The first kappa shape index (κ1) is 19.7. The number of allylic oxidation sites excluding steroid dienone is 2. The zero-order valence-corrected chi connectivity index (χ0v) is 16.3. The highest BCUT2D eigenvalue weighted by molar-refractivity contribution is 6.14. The Kier molecular flexibility index (Phi) is 6.14. The number of Topliss-reactive ketones (excluding diaryl/α,β-unsaturated/α-hetero) is 1. The van der Waals surface area contributed by atoms with E-state index in [0.717, 1.165) is 12.0 Å². The second-order valence-corrected chi connectivity index (χ2v) is 6.50. The highest BCUT2D eigenvalue weighted by Crippen LogP contribution is 2.39. The van der Waals surface area contributed by atoms with Crippen LogP contribution in [0.1, 0.15) is 30.4 Å². The molecule has 2 aromatic carbocycles. The van der Waals surface area contributed by atoms with Gasteiger partial charge in [-0.15, -0.1) is 0 Å². The van der Waals surface area contributed by atoms with Crippen LogP contribution in [0.3, 0.4) is 0 Å². The van der Waals surface area contributed by atoms with Crippen molar-refractivity contribution in [2.45, 2.75) is 19.3 Å². The summed E-state index contributed by atoms with van der Waals surface area (Å²) in [5, 5.41) is 0. The summed E-state index contributed by atoms with van der Waals surface area (Å²) in [6.07, 6.45) is 5.63. The van der Waals surface area contributed by atoms with E-state index in [-0.39, 0.29) is 11.6 Å². The van der Waals surface area contributed by atoms with Gasteiger partial charge in [0.05, 0.1) is 21.3 Å². The Labute approximate surface area is 164 Å². The summed E-state index contributed by atoms with van der Waals surface area (Å²) in [6, 6.07) is 10.1. The van der Waals surface area contributed by atoms with Crippen molar-refractivity contribution in [1.29, 1.82) is 0 Å². The quantitative estimate of drug-likeness (QED) is 0.677. The molecule has 0 N–H and O–H groups in total. The minimum absolute atomic E-state index is 0.0525. The predicted octanol–water partition coefficient (Wildman–Crippen LogP) is 5.07. The number of halogens is 1. The molecule has 4 nitrogen and oxygen atoms in total. The smallest absolute Gasteiger partial charge is 0.203 e. The van der Waals surface area contributed by atoms with Gasteiger partial charge in [-0.1, -0.05) is 18.2 Å². The molecule has 0 unspecified atom stereocenters. The fourth-order valence-electron chi connectivity index (χ4n) is 3.34. The number of benzene rings is 2. The van der Waals surface area contributed by atoms with Gasteiger partial charge in [0.25, 0.3) is 0 Å². The molecular weight excluding hydrogens is 359 g/mol.